The Kier molecular flexibility index (Phi) is 5.95. The molecule has 0 bridgehead atoms. The minimum absolute atomic E-state index is 0.0835. The van der Waals surface area contributed by atoms with Crippen molar-refractivity contribution in [3.8, 4) is 11.6 Å². The maximum absolute atomic E-state index is 12.4. The predicted octanol–water partition coefficient (Wildman–Crippen LogP) is 3.94. The summed E-state index contributed by atoms with van der Waals surface area (Å²) in [6.45, 7) is 1.70. The van der Waals surface area contributed by atoms with Crippen LogP contribution < -0.4 is 11.0 Å². The molecule has 0 aliphatic carbocycles. The summed E-state index contributed by atoms with van der Waals surface area (Å²) in [5, 5.41) is 0. The molecule has 0 fully saturated rings. The summed E-state index contributed by atoms with van der Waals surface area (Å²) in [6, 6.07) is 8.63. The SMILES string of the molecule is CC(ONc1cc(=O)[nH]c(-c2ncccn2)n1)c1ccc(SC(F)(F)F)cc1. The van der Waals surface area contributed by atoms with Crippen molar-refractivity contribution in [2.45, 2.75) is 23.4 Å². The number of thioether (sulfide) groups is 1. The van der Waals surface area contributed by atoms with Crippen molar-refractivity contribution in [3.05, 3.63) is 64.7 Å². The Morgan fingerprint density at radius 3 is 2.50 bits per heavy atom. The van der Waals surface area contributed by atoms with E-state index in [1.807, 2.05) is 0 Å². The van der Waals surface area contributed by atoms with Crippen molar-refractivity contribution in [1.29, 1.82) is 0 Å². The Morgan fingerprint density at radius 1 is 1.18 bits per heavy atom. The number of aromatic nitrogens is 4. The third-order valence-corrected chi connectivity index (χ3v) is 4.18. The Labute approximate surface area is 161 Å². The molecule has 1 aromatic carbocycles. The molecule has 1 atom stereocenters. The minimum Gasteiger partial charge on any atom is -0.304 e. The van der Waals surface area contributed by atoms with Crippen LogP contribution >= 0.6 is 11.8 Å². The molecule has 146 valence electrons. The molecule has 28 heavy (non-hydrogen) atoms. The highest BCUT2D eigenvalue weighted by atomic mass is 32.2. The highest BCUT2D eigenvalue weighted by Gasteiger charge is 2.29. The number of hydrogen-bond donors (Lipinski definition) is 2. The summed E-state index contributed by atoms with van der Waals surface area (Å²) in [4.78, 5) is 32.1. The van der Waals surface area contributed by atoms with Gasteiger partial charge in [0.2, 0.25) is 0 Å². The van der Waals surface area contributed by atoms with Crippen LogP contribution in [0.5, 0.6) is 0 Å². The highest BCUT2D eigenvalue weighted by molar-refractivity contribution is 8.00. The molecule has 0 saturated heterocycles. The van der Waals surface area contributed by atoms with Gasteiger partial charge in [0.1, 0.15) is 6.10 Å². The number of nitrogens with zero attached hydrogens (tertiary/aromatic N) is 3. The van der Waals surface area contributed by atoms with Crippen LogP contribution in [0.2, 0.25) is 0 Å². The molecular weight excluding hydrogens is 395 g/mol. The number of nitrogens with one attached hydrogen (secondary N) is 2. The summed E-state index contributed by atoms with van der Waals surface area (Å²) in [7, 11) is 0. The molecule has 2 heterocycles. The average molecular weight is 409 g/mol. The maximum Gasteiger partial charge on any atom is 0.446 e. The van der Waals surface area contributed by atoms with E-state index in [2.05, 4.69) is 25.4 Å². The first-order chi connectivity index (χ1) is 13.3. The molecule has 0 spiro atoms. The van der Waals surface area contributed by atoms with Gasteiger partial charge < -0.3 is 4.98 Å². The zero-order valence-electron chi connectivity index (χ0n) is 14.4. The van der Waals surface area contributed by atoms with E-state index in [9.17, 15) is 18.0 Å². The molecule has 0 aliphatic rings. The Bertz CT molecular complexity index is 981. The van der Waals surface area contributed by atoms with Crippen LogP contribution in [0.3, 0.4) is 0 Å². The quantitative estimate of drug-likeness (QED) is 0.470. The number of rotatable bonds is 6. The second-order valence-electron chi connectivity index (χ2n) is 5.53. The van der Waals surface area contributed by atoms with Crippen molar-refractivity contribution in [1.82, 2.24) is 19.9 Å². The Morgan fingerprint density at radius 2 is 1.86 bits per heavy atom. The molecule has 2 aromatic heterocycles. The van der Waals surface area contributed by atoms with Crippen molar-refractivity contribution < 1.29 is 18.0 Å². The normalized spacial score (nSPS) is 12.6. The number of halogens is 3. The lowest BCUT2D eigenvalue weighted by Crippen LogP contribution is -2.14. The van der Waals surface area contributed by atoms with Crippen molar-refractivity contribution in [3.63, 3.8) is 0 Å². The number of hydrogen-bond acceptors (Lipinski definition) is 7. The van der Waals surface area contributed by atoms with Crippen LogP contribution in [0, 0.1) is 0 Å². The van der Waals surface area contributed by atoms with E-state index in [0.717, 1.165) is 0 Å². The fourth-order valence-electron chi connectivity index (χ4n) is 2.19. The lowest BCUT2D eigenvalue weighted by Gasteiger charge is -2.15. The van der Waals surface area contributed by atoms with Crippen molar-refractivity contribution >= 4 is 17.6 Å². The zero-order valence-corrected chi connectivity index (χ0v) is 15.2. The molecule has 11 heteroatoms. The van der Waals surface area contributed by atoms with Crippen LogP contribution in [0.4, 0.5) is 19.0 Å². The Balaban J connectivity index is 1.67. The van der Waals surface area contributed by atoms with E-state index in [-0.39, 0.29) is 34.1 Å². The van der Waals surface area contributed by atoms with E-state index < -0.39 is 17.2 Å². The van der Waals surface area contributed by atoms with Gasteiger partial charge in [-0.3, -0.25) is 9.63 Å². The van der Waals surface area contributed by atoms with Crippen molar-refractivity contribution in [2.24, 2.45) is 0 Å². The van der Waals surface area contributed by atoms with Gasteiger partial charge in [-0.25, -0.2) is 20.4 Å². The average Bonchev–Trinajstić information content (AvgIpc) is 2.66. The molecule has 0 saturated carbocycles. The molecule has 2 N–H and O–H groups in total. The van der Waals surface area contributed by atoms with E-state index in [1.54, 1.807) is 13.0 Å². The summed E-state index contributed by atoms with van der Waals surface area (Å²) in [5.74, 6) is 0.553. The smallest absolute Gasteiger partial charge is 0.304 e. The lowest BCUT2D eigenvalue weighted by atomic mass is 10.1. The first kappa shape index (κ1) is 19.8. The maximum atomic E-state index is 12.4. The third kappa shape index (κ3) is 5.54. The first-order valence-electron chi connectivity index (χ1n) is 7.96. The van der Waals surface area contributed by atoms with E-state index in [4.69, 9.17) is 4.84 Å². The van der Waals surface area contributed by atoms with Gasteiger partial charge in [-0.15, -0.1) is 0 Å². The molecule has 1 unspecified atom stereocenters. The molecule has 0 amide bonds. The number of anilines is 1. The molecule has 3 aromatic rings. The minimum atomic E-state index is -4.34. The van der Waals surface area contributed by atoms with Crippen molar-refractivity contribution in [2.75, 3.05) is 5.48 Å². The van der Waals surface area contributed by atoms with Crippen LogP contribution in [0.25, 0.3) is 11.6 Å². The van der Waals surface area contributed by atoms with Gasteiger partial charge in [0.15, 0.2) is 17.5 Å². The fourth-order valence-corrected chi connectivity index (χ4v) is 2.73. The van der Waals surface area contributed by atoms with Crippen LogP contribution in [0.1, 0.15) is 18.6 Å². The van der Waals surface area contributed by atoms with E-state index >= 15 is 0 Å². The monoisotopic (exact) mass is 409 g/mol. The standard InChI is InChI=1S/C17H14F3N5O2S/c1-10(11-3-5-12(6-4-11)28-17(18,19)20)27-25-13-9-14(26)24-16(23-13)15-21-7-2-8-22-15/h2-10H,1H3,(H2,23,24,25,26). The second-order valence-corrected chi connectivity index (χ2v) is 6.67. The summed E-state index contributed by atoms with van der Waals surface area (Å²) < 4.78 is 37.1. The Hall–Kier alpha value is -2.92. The number of alkyl halides is 3. The topological polar surface area (TPSA) is 92.8 Å². The number of benzene rings is 1. The number of H-pyrrole nitrogens is 1. The van der Waals surface area contributed by atoms with Gasteiger partial charge in [0, 0.05) is 23.4 Å². The van der Waals surface area contributed by atoms with Crippen LogP contribution in [-0.4, -0.2) is 25.4 Å². The largest absolute Gasteiger partial charge is 0.446 e. The summed E-state index contributed by atoms with van der Waals surface area (Å²) in [5.41, 5.74) is -1.54. The van der Waals surface area contributed by atoms with Gasteiger partial charge in [-0.2, -0.15) is 13.2 Å². The molecule has 0 aliphatic heterocycles. The van der Waals surface area contributed by atoms with E-state index in [0.29, 0.717) is 5.56 Å². The van der Waals surface area contributed by atoms with Crippen LogP contribution in [-0.2, 0) is 4.84 Å². The predicted molar refractivity (Wildman–Crippen MR) is 97.4 cm³/mol. The van der Waals surface area contributed by atoms with E-state index in [1.165, 1.54) is 42.7 Å². The summed E-state index contributed by atoms with van der Waals surface area (Å²) in [6.07, 6.45) is 2.52. The van der Waals surface area contributed by atoms with Gasteiger partial charge in [0.05, 0.1) is 0 Å². The lowest BCUT2D eigenvalue weighted by molar-refractivity contribution is -0.0328. The molecule has 3 rings (SSSR count). The zero-order chi connectivity index (χ0) is 20.1. The summed E-state index contributed by atoms with van der Waals surface area (Å²) >= 11 is -0.184. The van der Waals surface area contributed by atoms with Crippen LogP contribution in [0.15, 0.2) is 58.5 Å². The van der Waals surface area contributed by atoms with Gasteiger partial charge >= 0.3 is 5.51 Å². The van der Waals surface area contributed by atoms with Gasteiger partial charge in [0.25, 0.3) is 5.56 Å². The number of aromatic amines is 1. The second kappa shape index (κ2) is 8.40. The van der Waals surface area contributed by atoms with Gasteiger partial charge in [-0.05, 0) is 42.4 Å². The third-order valence-electron chi connectivity index (χ3n) is 3.44. The molecule has 0 radical (unpaired) electrons. The molecular formula is C17H14F3N5O2S. The molecule has 7 nitrogen and oxygen atoms in total. The highest BCUT2D eigenvalue weighted by Crippen LogP contribution is 2.37. The van der Waals surface area contributed by atoms with Gasteiger partial charge in [-0.1, -0.05) is 12.1 Å². The fraction of sp³-hybridized carbons (Fsp3) is 0.176. The first-order valence-corrected chi connectivity index (χ1v) is 8.78.